The first kappa shape index (κ1) is 17.0. The molecule has 1 unspecified atom stereocenters. The molecule has 0 aromatic carbocycles. The minimum absolute atomic E-state index is 0.807. The Morgan fingerprint density at radius 3 is 1.84 bits per heavy atom. The Balaban J connectivity index is 1.77. The minimum Gasteiger partial charge on any atom is -0.317 e. The molecule has 0 heterocycles. The summed E-state index contributed by atoms with van der Waals surface area (Å²) >= 11 is 0. The van der Waals surface area contributed by atoms with E-state index in [0.29, 0.717) is 0 Å². The molecule has 1 aliphatic carbocycles. The van der Waals surface area contributed by atoms with Crippen LogP contribution in [-0.2, 0) is 0 Å². The molecule has 0 aromatic heterocycles. The standard InChI is InChI=1S/C18H37N/c1-3-4-5-6-7-8-9-10-11-12-13-18(19-2)16-17-14-15-17/h17-19H,3-16H2,1-2H3. The van der Waals surface area contributed by atoms with E-state index >= 15 is 0 Å². The highest BCUT2D eigenvalue weighted by Gasteiger charge is 2.24. The van der Waals surface area contributed by atoms with Crippen molar-refractivity contribution in [3.63, 3.8) is 0 Å². The number of unbranched alkanes of at least 4 members (excludes halogenated alkanes) is 9. The number of rotatable bonds is 14. The van der Waals surface area contributed by atoms with Gasteiger partial charge >= 0.3 is 0 Å². The fourth-order valence-electron chi connectivity index (χ4n) is 3.01. The summed E-state index contributed by atoms with van der Waals surface area (Å²) in [6, 6.07) is 0.807. The second kappa shape index (κ2) is 11.8. The molecule has 1 nitrogen and oxygen atoms in total. The van der Waals surface area contributed by atoms with Gasteiger partial charge in [0.05, 0.1) is 0 Å². The van der Waals surface area contributed by atoms with Crippen molar-refractivity contribution in [3.05, 3.63) is 0 Å². The van der Waals surface area contributed by atoms with E-state index in [9.17, 15) is 0 Å². The van der Waals surface area contributed by atoms with Gasteiger partial charge in [0.1, 0.15) is 0 Å². The molecule has 0 radical (unpaired) electrons. The number of hydrogen-bond acceptors (Lipinski definition) is 1. The first-order valence-corrected chi connectivity index (χ1v) is 9.04. The summed E-state index contributed by atoms with van der Waals surface area (Å²) in [5.41, 5.74) is 0. The number of nitrogens with one attached hydrogen (secondary N) is 1. The highest BCUT2D eigenvalue weighted by molar-refractivity contribution is 4.79. The average molecular weight is 268 g/mol. The summed E-state index contributed by atoms with van der Waals surface area (Å²) in [6.07, 6.45) is 20.4. The van der Waals surface area contributed by atoms with Crippen LogP contribution in [0.25, 0.3) is 0 Å². The lowest BCUT2D eigenvalue weighted by Gasteiger charge is -2.15. The Kier molecular flexibility index (Phi) is 10.5. The molecule has 114 valence electrons. The molecule has 1 saturated carbocycles. The van der Waals surface area contributed by atoms with E-state index in [1.54, 1.807) is 0 Å². The Bertz CT molecular complexity index is 186. The van der Waals surface area contributed by atoms with Gasteiger partial charge < -0.3 is 5.32 Å². The fourth-order valence-corrected chi connectivity index (χ4v) is 3.01. The Hall–Kier alpha value is -0.0400. The van der Waals surface area contributed by atoms with Crippen LogP contribution in [0.15, 0.2) is 0 Å². The van der Waals surface area contributed by atoms with Crippen LogP contribution in [0, 0.1) is 5.92 Å². The van der Waals surface area contributed by atoms with Crippen LogP contribution in [0.3, 0.4) is 0 Å². The van der Waals surface area contributed by atoms with E-state index in [4.69, 9.17) is 0 Å². The van der Waals surface area contributed by atoms with Crippen LogP contribution >= 0.6 is 0 Å². The lowest BCUT2D eigenvalue weighted by atomic mass is 10.0. The third kappa shape index (κ3) is 10.4. The van der Waals surface area contributed by atoms with Gasteiger partial charge in [-0.1, -0.05) is 84.0 Å². The first-order valence-electron chi connectivity index (χ1n) is 9.04. The quantitative estimate of drug-likeness (QED) is 0.399. The molecule has 1 heteroatoms. The van der Waals surface area contributed by atoms with E-state index in [0.717, 1.165) is 12.0 Å². The van der Waals surface area contributed by atoms with Gasteiger partial charge in [0.15, 0.2) is 0 Å². The maximum atomic E-state index is 3.50. The Morgan fingerprint density at radius 2 is 1.37 bits per heavy atom. The van der Waals surface area contributed by atoms with Crippen molar-refractivity contribution < 1.29 is 0 Å². The topological polar surface area (TPSA) is 12.0 Å². The summed E-state index contributed by atoms with van der Waals surface area (Å²) in [5, 5.41) is 3.50. The second-order valence-electron chi connectivity index (χ2n) is 6.64. The third-order valence-electron chi connectivity index (χ3n) is 4.63. The molecule has 19 heavy (non-hydrogen) atoms. The monoisotopic (exact) mass is 267 g/mol. The summed E-state index contributed by atoms with van der Waals surface area (Å²) in [4.78, 5) is 0. The zero-order valence-corrected chi connectivity index (χ0v) is 13.6. The Morgan fingerprint density at radius 1 is 0.842 bits per heavy atom. The molecule has 1 rings (SSSR count). The van der Waals surface area contributed by atoms with E-state index in [-0.39, 0.29) is 0 Å². The van der Waals surface area contributed by atoms with Crippen molar-refractivity contribution >= 4 is 0 Å². The van der Waals surface area contributed by atoms with Crippen molar-refractivity contribution in [3.8, 4) is 0 Å². The second-order valence-corrected chi connectivity index (χ2v) is 6.64. The van der Waals surface area contributed by atoms with E-state index in [2.05, 4.69) is 19.3 Å². The molecule has 0 spiro atoms. The predicted octanol–water partition coefficient (Wildman–Crippen LogP) is 5.69. The van der Waals surface area contributed by atoms with Crippen molar-refractivity contribution in [2.24, 2.45) is 5.92 Å². The SMILES string of the molecule is CCCCCCCCCCCCC(CC1CC1)NC. The van der Waals surface area contributed by atoms with Gasteiger partial charge in [0.2, 0.25) is 0 Å². The van der Waals surface area contributed by atoms with Gasteiger partial charge in [0, 0.05) is 6.04 Å². The molecule has 0 amide bonds. The van der Waals surface area contributed by atoms with E-state index < -0.39 is 0 Å². The summed E-state index contributed by atoms with van der Waals surface area (Å²) < 4.78 is 0. The lowest BCUT2D eigenvalue weighted by molar-refractivity contribution is 0.437. The summed E-state index contributed by atoms with van der Waals surface area (Å²) in [6.45, 7) is 2.29. The maximum absolute atomic E-state index is 3.50. The van der Waals surface area contributed by atoms with Gasteiger partial charge in [-0.3, -0.25) is 0 Å². The van der Waals surface area contributed by atoms with Gasteiger partial charge in [0.25, 0.3) is 0 Å². The van der Waals surface area contributed by atoms with Crippen LogP contribution in [0.1, 0.15) is 96.8 Å². The highest BCUT2D eigenvalue weighted by Crippen LogP contribution is 2.34. The predicted molar refractivity (Wildman–Crippen MR) is 86.6 cm³/mol. The third-order valence-corrected chi connectivity index (χ3v) is 4.63. The van der Waals surface area contributed by atoms with Crippen molar-refractivity contribution in [2.45, 2.75) is 103 Å². The molecule has 1 N–H and O–H groups in total. The summed E-state index contributed by atoms with van der Waals surface area (Å²) in [5.74, 6) is 1.07. The van der Waals surface area contributed by atoms with Crippen LogP contribution in [0.2, 0.25) is 0 Å². The van der Waals surface area contributed by atoms with Gasteiger partial charge in [-0.25, -0.2) is 0 Å². The molecule has 0 saturated heterocycles. The van der Waals surface area contributed by atoms with E-state index in [1.165, 1.54) is 89.9 Å². The number of hydrogen-bond donors (Lipinski definition) is 1. The van der Waals surface area contributed by atoms with Crippen molar-refractivity contribution in [1.82, 2.24) is 5.32 Å². The van der Waals surface area contributed by atoms with Crippen LogP contribution in [0.5, 0.6) is 0 Å². The fraction of sp³-hybridized carbons (Fsp3) is 1.00. The van der Waals surface area contributed by atoms with Gasteiger partial charge in [-0.2, -0.15) is 0 Å². The molecular weight excluding hydrogens is 230 g/mol. The van der Waals surface area contributed by atoms with Gasteiger partial charge in [-0.15, -0.1) is 0 Å². The molecule has 1 fully saturated rings. The first-order chi connectivity index (χ1) is 9.36. The minimum atomic E-state index is 0.807. The normalized spacial score (nSPS) is 16.7. The molecule has 0 aliphatic heterocycles. The van der Waals surface area contributed by atoms with Crippen molar-refractivity contribution in [1.29, 1.82) is 0 Å². The van der Waals surface area contributed by atoms with E-state index in [1.807, 2.05) is 0 Å². The molecular formula is C18H37N. The molecule has 0 bridgehead atoms. The zero-order chi connectivity index (χ0) is 13.8. The van der Waals surface area contributed by atoms with Crippen LogP contribution in [-0.4, -0.2) is 13.1 Å². The van der Waals surface area contributed by atoms with Crippen LogP contribution < -0.4 is 5.32 Å². The zero-order valence-electron chi connectivity index (χ0n) is 13.6. The summed E-state index contributed by atoms with van der Waals surface area (Å²) in [7, 11) is 2.14. The lowest BCUT2D eigenvalue weighted by Crippen LogP contribution is -2.25. The molecule has 0 aromatic rings. The highest BCUT2D eigenvalue weighted by atomic mass is 14.9. The average Bonchev–Trinajstić information content (AvgIpc) is 3.23. The maximum Gasteiger partial charge on any atom is 0.00667 e. The van der Waals surface area contributed by atoms with Gasteiger partial charge in [-0.05, 0) is 25.8 Å². The van der Waals surface area contributed by atoms with Crippen molar-refractivity contribution in [2.75, 3.05) is 7.05 Å². The molecule has 1 atom stereocenters. The smallest absolute Gasteiger partial charge is 0.00667 e. The largest absolute Gasteiger partial charge is 0.317 e. The Labute approximate surface area is 121 Å². The molecule has 1 aliphatic rings. The van der Waals surface area contributed by atoms with Crippen LogP contribution in [0.4, 0.5) is 0 Å².